The van der Waals surface area contributed by atoms with Crippen molar-refractivity contribution < 1.29 is 9.47 Å². The molecule has 2 N–H and O–H groups in total. The minimum atomic E-state index is 0.700. The number of para-hydroxylation sites is 1. The second-order valence-electron chi connectivity index (χ2n) is 5.77. The van der Waals surface area contributed by atoms with E-state index in [1.165, 1.54) is 12.8 Å². The zero-order valence-corrected chi connectivity index (χ0v) is 14.3. The van der Waals surface area contributed by atoms with Crippen molar-refractivity contribution in [1.82, 2.24) is 10.6 Å². The Hall–Kier alpha value is -1.75. The van der Waals surface area contributed by atoms with Gasteiger partial charge in [0.2, 0.25) is 0 Å². The lowest BCUT2D eigenvalue weighted by Crippen LogP contribution is -2.37. The van der Waals surface area contributed by atoms with E-state index in [2.05, 4.69) is 21.7 Å². The quantitative estimate of drug-likeness (QED) is 0.395. The summed E-state index contributed by atoms with van der Waals surface area (Å²) >= 11 is 0. The second-order valence-corrected chi connectivity index (χ2v) is 5.77. The molecule has 0 radical (unpaired) electrons. The number of nitrogens with zero attached hydrogens (tertiary/aromatic N) is 1. The summed E-state index contributed by atoms with van der Waals surface area (Å²) in [6.45, 7) is 5.94. The first-order valence-electron chi connectivity index (χ1n) is 8.56. The minimum Gasteiger partial charge on any atom is -0.493 e. The molecule has 0 amide bonds. The van der Waals surface area contributed by atoms with Crippen molar-refractivity contribution in [2.24, 2.45) is 10.9 Å². The summed E-state index contributed by atoms with van der Waals surface area (Å²) in [6, 6.07) is 8.20. The van der Waals surface area contributed by atoms with Gasteiger partial charge in [0.05, 0.1) is 6.61 Å². The Labute approximate surface area is 139 Å². The number of ether oxygens (including phenoxy) is 2. The number of guanidine groups is 1. The molecule has 0 bridgehead atoms. The van der Waals surface area contributed by atoms with E-state index in [4.69, 9.17) is 9.47 Å². The molecular formula is C18H29N3O2. The first-order chi connectivity index (χ1) is 11.3. The van der Waals surface area contributed by atoms with E-state index >= 15 is 0 Å². The molecule has 128 valence electrons. The molecule has 0 saturated heterocycles. The number of benzene rings is 1. The van der Waals surface area contributed by atoms with Crippen molar-refractivity contribution in [3.05, 3.63) is 29.8 Å². The molecule has 0 atom stereocenters. The van der Waals surface area contributed by atoms with Crippen LogP contribution in [0.2, 0.25) is 0 Å². The van der Waals surface area contributed by atoms with Gasteiger partial charge in [-0.15, -0.1) is 0 Å². The summed E-state index contributed by atoms with van der Waals surface area (Å²) < 4.78 is 11.3. The number of hydrogen-bond acceptors (Lipinski definition) is 3. The van der Waals surface area contributed by atoms with E-state index in [0.717, 1.165) is 56.0 Å². The topological polar surface area (TPSA) is 54.9 Å². The lowest BCUT2D eigenvalue weighted by atomic mass is 10.2. The maximum Gasteiger partial charge on any atom is 0.191 e. The highest BCUT2D eigenvalue weighted by Gasteiger charge is 2.22. The zero-order valence-electron chi connectivity index (χ0n) is 14.3. The van der Waals surface area contributed by atoms with Crippen molar-refractivity contribution in [2.45, 2.75) is 32.7 Å². The summed E-state index contributed by atoms with van der Waals surface area (Å²) in [5.74, 6) is 2.54. The van der Waals surface area contributed by atoms with Gasteiger partial charge in [-0.25, -0.2) is 0 Å². The van der Waals surface area contributed by atoms with E-state index in [0.29, 0.717) is 6.54 Å². The molecule has 2 rings (SSSR count). The normalized spacial score (nSPS) is 14.6. The van der Waals surface area contributed by atoms with Crippen LogP contribution in [0.5, 0.6) is 5.75 Å². The highest BCUT2D eigenvalue weighted by Crippen LogP contribution is 2.30. The van der Waals surface area contributed by atoms with Crippen LogP contribution in [0.3, 0.4) is 0 Å². The second kappa shape index (κ2) is 10.1. The van der Waals surface area contributed by atoms with E-state index in [1.54, 1.807) is 7.05 Å². The molecule has 1 aliphatic rings. The third kappa shape index (κ3) is 6.91. The van der Waals surface area contributed by atoms with Gasteiger partial charge in [-0.3, -0.25) is 4.99 Å². The van der Waals surface area contributed by atoms with E-state index in [9.17, 15) is 0 Å². The van der Waals surface area contributed by atoms with Crippen molar-refractivity contribution in [3.8, 4) is 5.75 Å². The van der Waals surface area contributed by atoms with E-state index in [-0.39, 0.29) is 0 Å². The van der Waals surface area contributed by atoms with Crippen LogP contribution in [0.25, 0.3) is 0 Å². The van der Waals surface area contributed by atoms with Gasteiger partial charge in [-0.05, 0) is 38.2 Å². The molecule has 1 saturated carbocycles. The molecule has 1 aromatic carbocycles. The van der Waals surface area contributed by atoms with Crippen LogP contribution in [0.1, 0.15) is 31.7 Å². The first-order valence-corrected chi connectivity index (χ1v) is 8.56. The van der Waals surface area contributed by atoms with Crippen molar-refractivity contribution >= 4 is 5.96 Å². The third-order valence-corrected chi connectivity index (χ3v) is 3.78. The molecular weight excluding hydrogens is 290 g/mol. The fourth-order valence-corrected chi connectivity index (χ4v) is 2.21. The van der Waals surface area contributed by atoms with Crippen LogP contribution < -0.4 is 15.4 Å². The van der Waals surface area contributed by atoms with Crippen LogP contribution in [-0.4, -0.2) is 39.4 Å². The van der Waals surface area contributed by atoms with Gasteiger partial charge >= 0.3 is 0 Å². The van der Waals surface area contributed by atoms with Gasteiger partial charge < -0.3 is 20.1 Å². The SMILES string of the molecule is CCOCCCNC(=NC)NCc1ccccc1OCC1CC1. The molecule has 0 aliphatic heterocycles. The predicted molar refractivity (Wildman–Crippen MR) is 94.0 cm³/mol. The Morgan fingerprint density at radius 2 is 2.09 bits per heavy atom. The summed E-state index contributed by atoms with van der Waals surface area (Å²) in [5, 5.41) is 6.63. The number of hydrogen-bond donors (Lipinski definition) is 2. The largest absolute Gasteiger partial charge is 0.493 e. The van der Waals surface area contributed by atoms with Gasteiger partial charge in [0.15, 0.2) is 5.96 Å². The molecule has 0 spiro atoms. The minimum absolute atomic E-state index is 0.700. The molecule has 23 heavy (non-hydrogen) atoms. The monoisotopic (exact) mass is 319 g/mol. The highest BCUT2D eigenvalue weighted by atomic mass is 16.5. The predicted octanol–water partition coefficient (Wildman–Crippen LogP) is 2.57. The van der Waals surface area contributed by atoms with Gasteiger partial charge in [-0.1, -0.05) is 18.2 Å². The third-order valence-electron chi connectivity index (χ3n) is 3.78. The van der Waals surface area contributed by atoms with Crippen molar-refractivity contribution in [2.75, 3.05) is 33.4 Å². The number of nitrogens with one attached hydrogen (secondary N) is 2. The molecule has 1 fully saturated rings. The van der Waals surface area contributed by atoms with Gasteiger partial charge in [0, 0.05) is 38.9 Å². The Morgan fingerprint density at radius 3 is 2.83 bits per heavy atom. The lowest BCUT2D eigenvalue weighted by Gasteiger charge is -2.14. The van der Waals surface area contributed by atoms with E-state index < -0.39 is 0 Å². The Kier molecular flexibility index (Phi) is 7.73. The summed E-state index contributed by atoms with van der Waals surface area (Å²) in [7, 11) is 1.79. The van der Waals surface area contributed by atoms with Crippen molar-refractivity contribution in [1.29, 1.82) is 0 Å². The molecule has 0 unspecified atom stereocenters. The summed E-state index contributed by atoms with van der Waals surface area (Å²) in [4.78, 5) is 4.25. The summed E-state index contributed by atoms with van der Waals surface area (Å²) in [6.07, 6.45) is 3.58. The highest BCUT2D eigenvalue weighted by molar-refractivity contribution is 5.79. The van der Waals surface area contributed by atoms with Crippen LogP contribution in [0.4, 0.5) is 0 Å². The average molecular weight is 319 g/mol. The number of rotatable bonds is 10. The maximum absolute atomic E-state index is 5.94. The van der Waals surface area contributed by atoms with Crippen LogP contribution in [-0.2, 0) is 11.3 Å². The number of aliphatic imine (C=N–C) groups is 1. The van der Waals surface area contributed by atoms with Gasteiger partial charge in [0.25, 0.3) is 0 Å². The lowest BCUT2D eigenvalue weighted by molar-refractivity contribution is 0.145. The Balaban J connectivity index is 1.74. The van der Waals surface area contributed by atoms with Crippen LogP contribution >= 0.6 is 0 Å². The Morgan fingerprint density at radius 1 is 1.26 bits per heavy atom. The molecule has 1 aromatic rings. The molecule has 5 heteroatoms. The fraction of sp³-hybridized carbons (Fsp3) is 0.611. The molecule has 5 nitrogen and oxygen atoms in total. The van der Waals surface area contributed by atoms with Crippen molar-refractivity contribution in [3.63, 3.8) is 0 Å². The molecule has 0 aromatic heterocycles. The first kappa shape index (κ1) is 17.6. The summed E-state index contributed by atoms with van der Waals surface area (Å²) in [5.41, 5.74) is 1.16. The smallest absolute Gasteiger partial charge is 0.191 e. The zero-order chi connectivity index (χ0) is 16.3. The molecule has 0 heterocycles. The fourth-order valence-electron chi connectivity index (χ4n) is 2.21. The standard InChI is InChI=1S/C18H29N3O2/c1-3-22-12-6-11-20-18(19-2)21-13-16-7-4-5-8-17(16)23-14-15-9-10-15/h4-5,7-8,15H,3,6,9-14H2,1-2H3,(H2,19,20,21). The van der Waals surface area contributed by atoms with E-state index in [1.807, 2.05) is 25.1 Å². The van der Waals surface area contributed by atoms with Gasteiger partial charge in [0.1, 0.15) is 5.75 Å². The Bertz CT molecular complexity index is 487. The van der Waals surface area contributed by atoms with Crippen LogP contribution in [0.15, 0.2) is 29.3 Å². The maximum atomic E-state index is 5.94. The average Bonchev–Trinajstić information content (AvgIpc) is 3.40. The molecule has 1 aliphatic carbocycles. The van der Waals surface area contributed by atoms with Gasteiger partial charge in [-0.2, -0.15) is 0 Å². The van der Waals surface area contributed by atoms with Crippen LogP contribution in [0, 0.1) is 5.92 Å².